The first-order chi connectivity index (χ1) is 8.11. The maximum atomic E-state index is 5.74. The Morgan fingerprint density at radius 2 is 2.12 bits per heavy atom. The Morgan fingerprint density at radius 1 is 1.35 bits per heavy atom. The van der Waals surface area contributed by atoms with Crippen LogP contribution in [-0.2, 0) is 0 Å². The van der Waals surface area contributed by atoms with Crippen molar-refractivity contribution in [1.29, 1.82) is 0 Å². The van der Waals surface area contributed by atoms with Crippen molar-refractivity contribution in [2.24, 2.45) is 0 Å². The molecule has 0 bridgehead atoms. The van der Waals surface area contributed by atoms with Gasteiger partial charge in [-0.3, -0.25) is 0 Å². The molecule has 0 aliphatic carbocycles. The molecule has 0 amide bonds. The van der Waals surface area contributed by atoms with Crippen molar-refractivity contribution in [3.63, 3.8) is 0 Å². The molecule has 1 N–H and O–H groups in total. The summed E-state index contributed by atoms with van der Waals surface area (Å²) in [5.41, 5.74) is 0.977. The normalized spacial score (nSPS) is 12.9. The number of nitrogens with zero attached hydrogens (tertiary/aromatic N) is 1. The summed E-state index contributed by atoms with van der Waals surface area (Å²) < 4.78 is 11.2. The molecule has 0 saturated carbocycles. The van der Waals surface area contributed by atoms with E-state index in [0.717, 1.165) is 29.4 Å². The van der Waals surface area contributed by atoms with Crippen LogP contribution < -0.4 is 5.32 Å². The summed E-state index contributed by atoms with van der Waals surface area (Å²) in [4.78, 5) is 4.29. The van der Waals surface area contributed by atoms with Crippen molar-refractivity contribution in [2.45, 2.75) is 33.7 Å². The Kier molecular flexibility index (Phi) is 3.33. The van der Waals surface area contributed by atoms with Crippen LogP contribution in [0, 0.1) is 13.8 Å². The second kappa shape index (κ2) is 4.75. The topological polar surface area (TPSA) is 51.2 Å². The van der Waals surface area contributed by atoms with Crippen LogP contribution in [0.25, 0.3) is 11.3 Å². The minimum absolute atomic E-state index is 0.127. The van der Waals surface area contributed by atoms with Crippen molar-refractivity contribution in [2.75, 3.05) is 6.54 Å². The molecule has 1 atom stereocenters. The minimum atomic E-state index is 0.127. The van der Waals surface area contributed by atoms with E-state index in [-0.39, 0.29) is 6.04 Å². The molecule has 0 saturated heterocycles. The second-order valence-electron chi connectivity index (χ2n) is 4.17. The Morgan fingerprint density at radius 3 is 2.71 bits per heavy atom. The van der Waals surface area contributed by atoms with E-state index in [4.69, 9.17) is 8.83 Å². The summed E-state index contributed by atoms with van der Waals surface area (Å²) in [6, 6.07) is 2.10. The van der Waals surface area contributed by atoms with Gasteiger partial charge in [0.05, 0.1) is 17.8 Å². The molecule has 0 radical (unpaired) electrons. The quantitative estimate of drug-likeness (QED) is 0.882. The van der Waals surface area contributed by atoms with E-state index in [2.05, 4.69) is 17.2 Å². The fourth-order valence-corrected chi connectivity index (χ4v) is 1.88. The highest BCUT2D eigenvalue weighted by molar-refractivity contribution is 5.59. The molecule has 0 aliphatic heterocycles. The lowest BCUT2D eigenvalue weighted by Gasteiger charge is -2.06. The van der Waals surface area contributed by atoms with Gasteiger partial charge in [0.2, 0.25) is 5.89 Å². The number of aryl methyl sites for hydroxylation is 2. The molecule has 0 spiro atoms. The molecule has 2 heterocycles. The lowest BCUT2D eigenvalue weighted by molar-refractivity contribution is 0.428. The Hall–Kier alpha value is -1.55. The van der Waals surface area contributed by atoms with E-state index in [1.807, 2.05) is 26.8 Å². The SMILES string of the molecule is CCNC(C)c1ncc(-c2cc(C)oc2C)o1. The summed E-state index contributed by atoms with van der Waals surface area (Å²) in [7, 11) is 0. The third-order valence-corrected chi connectivity index (χ3v) is 2.71. The fourth-order valence-electron chi connectivity index (χ4n) is 1.88. The van der Waals surface area contributed by atoms with Crippen molar-refractivity contribution >= 4 is 0 Å². The second-order valence-corrected chi connectivity index (χ2v) is 4.17. The summed E-state index contributed by atoms with van der Waals surface area (Å²) in [6.07, 6.45) is 1.75. The first-order valence-electron chi connectivity index (χ1n) is 5.88. The molecule has 0 fully saturated rings. The van der Waals surface area contributed by atoms with Gasteiger partial charge in [-0.1, -0.05) is 6.92 Å². The predicted molar refractivity (Wildman–Crippen MR) is 65.8 cm³/mol. The first-order valence-corrected chi connectivity index (χ1v) is 5.88. The number of nitrogens with one attached hydrogen (secondary N) is 1. The lowest BCUT2D eigenvalue weighted by Crippen LogP contribution is -2.17. The van der Waals surface area contributed by atoms with E-state index in [9.17, 15) is 0 Å². The monoisotopic (exact) mass is 234 g/mol. The molecule has 17 heavy (non-hydrogen) atoms. The van der Waals surface area contributed by atoms with Gasteiger partial charge in [0, 0.05) is 0 Å². The number of hydrogen-bond acceptors (Lipinski definition) is 4. The molecule has 1 unspecified atom stereocenters. The Balaban J connectivity index is 2.26. The van der Waals surface area contributed by atoms with Gasteiger partial charge in [-0.25, -0.2) is 4.98 Å². The Labute approximate surface area is 101 Å². The summed E-state index contributed by atoms with van der Waals surface area (Å²) in [5.74, 6) is 3.22. The summed E-state index contributed by atoms with van der Waals surface area (Å²) >= 11 is 0. The van der Waals surface area contributed by atoms with Crippen LogP contribution in [0.3, 0.4) is 0 Å². The van der Waals surface area contributed by atoms with Crippen molar-refractivity contribution in [3.05, 3.63) is 29.7 Å². The molecule has 0 aliphatic rings. The van der Waals surface area contributed by atoms with E-state index in [1.54, 1.807) is 6.20 Å². The molecule has 2 aromatic heterocycles. The average Bonchev–Trinajstić information content (AvgIpc) is 2.85. The largest absolute Gasteiger partial charge is 0.466 e. The zero-order chi connectivity index (χ0) is 12.4. The van der Waals surface area contributed by atoms with E-state index >= 15 is 0 Å². The maximum absolute atomic E-state index is 5.74. The Bertz CT molecular complexity index is 499. The zero-order valence-corrected chi connectivity index (χ0v) is 10.7. The first kappa shape index (κ1) is 11.9. The molecular weight excluding hydrogens is 216 g/mol. The van der Waals surface area contributed by atoms with Crippen LogP contribution in [0.4, 0.5) is 0 Å². The highest BCUT2D eigenvalue weighted by Crippen LogP contribution is 2.28. The molecule has 0 aromatic carbocycles. The van der Waals surface area contributed by atoms with Crippen LogP contribution in [0.15, 0.2) is 21.1 Å². The average molecular weight is 234 g/mol. The maximum Gasteiger partial charge on any atom is 0.211 e. The van der Waals surface area contributed by atoms with Gasteiger partial charge in [0.1, 0.15) is 11.5 Å². The number of oxazole rings is 1. The van der Waals surface area contributed by atoms with Crippen LogP contribution in [-0.4, -0.2) is 11.5 Å². The van der Waals surface area contributed by atoms with E-state index < -0.39 is 0 Å². The number of aromatic nitrogens is 1. The van der Waals surface area contributed by atoms with Crippen LogP contribution in [0.2, 0.25) is 0 Å². The van der Waals surface area contributed by atoms with Crippen LogP contribution in [0.1, 0.15) is 37.3 Å². The summed E-state index contributed by atoms with van der Waals surface area (Å²) in [5, 5.41) is 3.27. The number of rotatable bonds is 4. The number of hydrogen-bond donors (Lipinski definition) is 1. The van der Waals surface area contributed by atoms with E-state index in [0.29, 0.717) is 5.89 Å². The van der Waals surface area contributed by atoms with Gasteiger partial charge >= 0.3 is 0 Å². The molecule has 4 heteroatoms. The van der Waals surface area contributed by atoms with Crippen molar-refractivity contribution in [1.82, 2.24) is 10.3 Å². The summed E-state index contributed by atoms with van der Waals surface area (Å²) in [6.45, 7) is 8.84. The smallest absolute Gasteiger partial charge is 0.211 e. The number of furan rings is 1. The van der Waals surface area contributed by atoms with Crippen molar-refractivity contribution < 1.29 is 8.83 Å². The van der Waals surface area contributed by atoms with E-state index in [1.165, 1.54) is 0 Å². The fraction of sp³-hybridized carbons (Fsp3) is 0.462. The van der Waals surface area contributed by atoms with Gasteiger partial charge in [-0.2, -0.15) is 0 Å². The highest BCUT2D eigenvalue weighted by atomic mass is 16.4. The zero-order valence-electron chi connectivity index (χ0n) is 10.7. The third kappa shape index (κ3) is 2.42. The third-order valence-electron chi connectivity index (χ3n) is 2.71. The van der Waals surface area contributed by atoms with Gasteiger partial charge in [-0.15, -0.1) is 0 Å². The minimum Gasteiger partial charge on any atom is -0.466 e. The lowest BCUT2D eigenvalue weighted by atomic mass is 10.2. The molecule has 92 valence electrons. The van der Waals surface area contributed by atoms with Gasteiger partial charge in [-0.05, 0) is 33.4 Å². The molecule has 2 rings (SSSR count). The van der Waals surface area contributed by atoms with Gasteiger partial charge in [0.15, 0.2) is 5.76 Å². The highest BCUT2D eigenvalue weighted by Gasteiger charge is 2.15. The van der Waals surface area contributed by atoms with Crippen LogP contribution in [0.5, 0.6) is 0 Å². The molecule has 4 nitrogen and oxygen atoms in total. The predicted octanol–water partition coefficient (Wildman–Crippen LogP) is 3.22. The van der Waals surface area contributed by atoms with Gasteiger partial charge < -0.3 is 14.2 Å². The van der Waals surface area contributed by atoms with Crippen molar-refractivity contribution in [3.8, 4) is 11.3 Å². The molecule has 2 aromatic rings. The molecular formula is C13H18N2O2. The standard InChI is InChI=1S/C13H18N2O2/c1-5-14-9(3)13-15-7-12(17-13)11-6-8(2)16-10(11)4/h6-7,9,14H,5H2,1-4H3. The van der Waals surface area contributed by atoms with Crippen LogP contribution >= 0.6 is 0 Å². The van der Waals surface area contributed by atoms with Gasteiger partial charge in [0.25, 0.3) is 0 Å².